The van der Waals surface area contributed by atoms with E-state index in [2.05, 4.69) is 10.3 Å². The van der Waals surface area contributed by atoms with Crippen LogP contribution in [0.2, 0.25) is 10.0 Å². The standard InChI is InChI=1S/C26H28Cl2FN3O5/c27-16-9-17-15(22(28)23(16)29)8-19(30-17)26(37)32-10-13-4-1-5-14(13)24(32)25(36)31-18(21(35)11-33)7-12-3-2-6-20(12)34/h8-9,12-14,18,24,30,33H,1-7,10-11H2,(H,31,36)/t12-,13-,14-,18-,24-/m0/s1. The molecule has 3 N–H and O–H groups in total. The largest absolute Gasteiger partial charge is 0.389 e. The maximum atomic E-state index is 14.2. The van der Waals surface area contributed by atoms with Gasteiger partial charge < -0.3 is 20.3 Å². The Balaban J connectivity index is 1.41. The molecule has 0 unspecified atom stereocenters. The van der Waals surface area contributed by atoms with Gasteiger partial charge in [-0.3, -0.25) is 19.2 Å². The molecule has 5 rings (SSSR count). The van der Waals surface area contributed by atoms with Crippen LogP contribution in [0.4, 0.5) is 4.39 Å². The van der Waals surface area contributed by atoms with Gasteiger partial charge in [-0.05, 0) is 56.1 Å². The van der Waals surface area contributed by atoms with Crippen LogP contribution in [0, 0.1) is 23.6 Å². The van der Waals surface area contributed by atoms with Crippen molar-refractivity contribution in [2.75, 3.05) is 13.2 Å². The number of H-pyrrole nitrogens is 1. The first-order valence-electron chi connectivity index (χ1n) is 12.6. The molecule has 2 aromatic rings. The van der Waals surface area contributed by atoms with Crippen LogP contribution in [-0.2, 0) is 14.4 Å². The molecule has 5 atom stereocenters. The van der Waals surface area contributed by atoms with E-state index in [4.69, 9.17) is 23.2 Å². The Labute approximate surface area is 222 Å². The lowest BCUT2D eigenvalue weighted by Crippen LogP contribution is -2.53. The predicted octanol–water partition coefficient (Wildman–Crippen LogP) is 3.66. The number of aliphatic hydroxyl groups excluding tert-OH is 1. The summed E-state index contributed by atoms with van der Waals surface area (Å²) in [5.74, 6) is -2.43. The van der Waals surface area contributed by atoms with Crippen LogP contribution in [0.1, 0.15) is 55.4 Å². The van der Waals surface area contributed by atoms with Crippen molar-refractivity contribution < 1.29 is 28.7 Å². The van der Waals surface area contributed by atoms with Crippen LogP contribution in [-0.4, -0.2) is 63.6 Å². The minimum Gasteiger partial charge on any atom is -0.389 e. The van der Waals surface area contributed by atoms with Crippen molar-refractivity contribution in [1.82, 2.24) is 15.2 Å². The third kappa shape index (κ3) is 4.77. The third-order valence-electron chi connectivity index (χ3n) is 8.22. The molecule has 1 aliphatic heterocycles. The van der Waals surface area contributed by atoms with E-state index in [0.717, 1.165) is 25.7 Å². The number of aromatic amines is 1. The molecule has 0 spiro atoms. The van der Waals surface area contributed by atoms with Crippen LogP contribution in [0.25, 0.3) is 10.9 Å². The normalized spacial score (nSPS) is 26.1. The SMILES string of the molecule is O=C1CCC[C@H]1C[C@H](NC(=O)[C@@H]1[C@H]2CCC[C@H]2CN1C(=O)c1cc2c(Cl)c(F)c(Cl)cc2[nH]1)C(=O)CO. The number of nitrogens with zero attached hydrogens (tertiary/aromatic N) is 1. The average Bonchev–Trinajstić information content (AvgIpc) is 3.65. The summed E-state index contributed by atoms with van der Waals surface area (Å²) in [7, 11) is 0. The van der Waals surface area contributed by atoms with Crippen molar-refractivity contribution >= 4 is 57.5 Å². The fourth-order valence-corrected chi connectivity index (χ4v) is 6.87. The molecule has 0 radical (unpaired) electrons. The lowest BCUT2D eigenvalue weighted by molar-refractivity contribution is -0.133. The number of rotatable bonds is 7. The molecule has 2 heterocycles. The summed E-state index contributed by atoms with van der Waals surface area (Å²) < 4.78 is 14.2. The minimum atomic E-state index is -1.00. The molecule has 8 nitrogen and oxygen atoms in total. The summed E-state index contributed by atoms with van der Waals surface area (Å²) in [6, 6.07) is 0.994. The van der Waals surface area contributed by atoms with Crippen molar-refractivity contribution in [3.63, 3.8) is 0 Å². The Morgan fingerprint density at radius 3 is 2.68 bits per heavy atom. The first kappa shape index (κ1) is 26.1. The predicted molar refractivity (Wildman–Crippen MR) is 135 cm³/mol. The first-order valence-corrected chi connectivity index (χ1v) is 13.4. The van der Waals surface area contributed by atoms with Gasteiger partial charge >= 0.3 is 0 Å². The molecular formula is C26H28Cl2FN3O5. The van der Waals surface area contributed by atoms with E-state index >= 15 is 0 Å². The van der Waals surface area contributed by atoms with Gasteiger partial charge in [-0.15, -0.1) is 0 Å². The summed E-state index contributed by atoms with van der Waals surface area (Å²) >= 11 is 12.0. The van der Waals surface area contributed by atoms with E-state index in [-0.39, 0.29) is 45.7 Å². The van der Waals surface area contributed by atoms with Gasteiger partial charge in [0, 0.05) is 29.8 Å². The summed E-state index contributed by atoms with van der Waals surface area (Å²) in [5, 5.41) is 12.2. The molecule has 1 aromatic heterocycles. The van der Waals surface area contributed by atoms with Gasteiger partial charge in [0.1, 0.15) is 24.1 Å². The van der Waals surface area contributed by atoms with Gasteiger partial charge in [0.25, 0.3) is 5.91 Å². The Bertz CT molecular complexity index is 1280. The van der Waals surface area contributed by atoms with E-state index in [9.17, 15) is 28.7 Å². The molecule has 11 heteroatoms. The molecule has 2 aliphatic carbocycles. The number of Topliss-reactive ketones (excluding diaryl/α,β-unsaturated/α-hetero) is 2. The van der Waals surface area contributed by atoms with E-state index in [1.54, 1.807) is 0 Å². The highest BCUT2D eigenvalue weighted by Crippen LogP contribution is 2.43. The zero-order chi connectivity index (χ0) is 26.4. The zero-order valence-electron chi connectivity index (χ0n) is 20.1. The van der Waals surface area contributed by atoms with Gasteiger partial charge in [-0.2, -0.15) is 0 Å². The van der Waals surface area contributed by atoms with Gasteiger partial charge in [0.15, 0.2) is 11.6 Å². The number of aliphatic hydroxyl groups is 1. The highest BCUT2D eigenvalue weighted by Gasteiger charge is 2.50. The lowest BCUT2D eigenvalue weighted by Gasteiger charge is -2.29. The molecule has 0 bridgehead atoms. The summed E-state index contributed by atoms with van der Waals surface area (Å²) in [6.45, 7) is -0.375. The Kier molecular flexibility index (Phi) is 7.31. The van der Waals surface area contributed by atoms with Gasteiger partial charge in [-0.25, -0.2) is 4.39 Å². The monoisotopic (exact) mass is 551 g/mol. The number of nitrogens with one attached hydrogen (secondary N) is 2. The Morgan fingerprint density at radius 2 is 1.97 bits per heavy atom. The fraction of sp³-hybridized carbons (Fsp3) is 0.538. The van der Waals surface area contributed by atoms with Crippen molar-refractivity contribution in [2.24, 2.45) is 17.8 Å². The average molecular weight is 552 g/mol. The van der Waals surface area contributed by atoms with Crippen molar-refractivity contribution in [2.45, 2.75) is 57.0 Å². The van der Waals surface area contributed by atoms with Crippen LogP contribution in [0.3, 0.4) is 0 Å². The second-order valence-corrected chi connectivity index (χ2v) is 11.1. The minimum absolute atomic E-state index is 0.0625. The molecule has 1 aromatic carbocycles. The van der Waals surface area contributed by atoms with Crippen LogP contribution in [0.15, 0.2) is 12.1 Å². The number of hydrogen-bond acceptors (Lipinski definition) is 5. The third-order valence-corrected chi connectivity index (χ3v) is 8.87. The molecule has 3 fully saturated rings. The molecule has 2 saturated carbocycles. The summed E-state index contributed by atoms with van der Waals surface area (Å²) in [4.78, 5) is 56.4. The number of amides is 2. The van der Waals surface area contributed by atoms with Crippen LogP contribution >= 0.6 is 23.2 Å². The van der Waals surface area contributed by atoms with Crippen LogP contribution < -0.4 is 5.32 Å². The van der Waals surface area contributed by atoms with Crippen molar-refractivity contribution in [1.29, 1.82) is 0 Å². The first-order chi connectivity index (χ1) is 17.7. The lowest BCUT2D eigenvalue weighted by atomic mass is 9.91. The quantitative estimate of drug-likeness (QED) is 0.453. The molecule has 37 heavy (non-hydrogen) atoms. The molecule has 3 aliphatic rings. The molecule has 1 saturated heterocycles. The number of aromatic nitrogens is 1. The van der Waals surface area contributed by atoms with Crippen molar-refractivity contribution in [3.8, 4) is 0 Å². The number of carbonyl (C=O) groups is 4. The summed E-state index contributed by atoms with van der Waals surface area (Å²) in [6.07, 6.45) is 4.59. The van der Waals surface area contributed by atoms with Crippen molar-refractivity contribution in [3.05, 3.63) is 33.7 Å². The summed E-state index contributed by atoms with van der Waals surface area (Å²) in [5.41, 5.74) is 0.547. The van der Waals surface area contributed by atoms with Crippen LogP contribution in [0.5, 0.6) is 0 Å². The Morgan fingerprint density at radius 1 is 1.19 bits per heavy atom. The van der Waals surface area contributed by atoms with E-state index in [0.29, 0.717) is 30.3 Å². The van der Waals surface area contributed by atoms with Gasteiger partial charge in [0.2, 0.25) is 5.91 Å². The molecule has 198 valence electrons. The number of hydrogen-bond donors (Lipinski definition) is 3. The molecular weight excluding hydrogens is 524 g/mol. The number of carbonyl (C=O) groups excluding carboxylic acids is 4. The second kappa shape index (κ2) is 10.3. The Hall–Kier alpha value is -2.49. The smallest absolute Gasteiger partial charge is 0.271 e. The number of ketones is 2. The molecule has 2 amide bonds. The van der Waals surface area contributed by atoms with Gasteiger partial charge in [0.05, 0.1) is 16.1 Å². The number of fused-ring (bicyclic) bond motifs is 2. The highest BCUT2D eigenvalue weighted by molar-refractivity contribution is 6.39. The van der Waals surface area contributed by atoms with E-state index < -0.39 is 42.1 Å². The number of likely N-dealkylation sites (tertiary alicyclic amines) is 1. The highest BCUT2D eigenvalue weighted by atomic mass is 35.5. The number of halogens is 3. The fourth-order valence-electron chi connectivity index (χ4n) is 6.36. The maximum Gasteiger partial charge on any atom is 0.271 e. The number of benzene rings is 1. The maximum absolute atomic E-state index is 14.2. The van der Waals surface area contributed by atoms with Gasteiger partial charge in [-0.1, -0.05) is 29.6 Å². The van der Waals surface area contributed by atoms with E-state index in [1.165, 1.54) is 17.0 Å². The topological polar surface area (TPSA) is 120 Å². The second-order valence-electron chi connectivity index (χ2n) is 10.4. The zero-order valence-corrected chi connectivity index (χ0v) is 21.6. The van der Waals surface area contributed by atoms with E-state index in [1.807, 2.05) is 0 Å².